The van der Waals surface area contributed by atoms with Crippen molar-refractivity contribution in [3.8, 4) is 23.0 Å². The summed E-state index contributed by atoms with van der Waals surface area (Å²) in [7, 11) is 2.86. The fraction of sp³-hybridized carbons (Fsp3) is 0.133. The first-order chi connectivity index (χ1) is 10.4. The van der Waals surface area contributed by atoms with Crippen molar-refractivity contribution in [3.05, 3.63) is 35.4 Å². The summed E-state index contributed by atoms with van der Waals surface area (Å²) in [6, 6.07) is 5.33. The Morgan fingerprint density at radius 2 is 1.21 bits per heavy atom. The Morgan fingerprint density at radius 3 is 1.50 bits per heavy atom. The van der Waals surface area contributed by atoms with Crippen molar-refractivity contribution in [1.29, 1.82) is 0 Å². The molecule has 24 heavy (non-hydrogen) atoms. The van der Waals surface area contributed by atoms with Gasteiger partial charge >= 0.3 is 59.1 Å². The molecule has 0 unspecified atom stereocenters. The van der Waals surface area contributed by atoms with E-state index in [-0.39, 0.29) is 84.6 Å². The summed E-state index contributed by atoms with van der Waals surface area (Å²) in [4.78, 5) is 13.3. The molecule has 2 rings (SSSR count). The Hall–Kier alpha value is 0.0100. The Bertz CT molecular complexity index is 702. The largest absolute Gasteiger partial charge is 1.00 e. The molecule has 0 atom stereocenters. The number of hydrogen-bond donors (Lipinski definition) is 4. The summed E-state index contributed by atoms with van der Waals surface area (Å²) in [5, 5.41) is 20.0. The zero-order chi connectivity index (χ0) is 16.4. The summed E-state index contributed by atoms with van der Waals surface area (Å²) in [5.74, 6) is -0.422. The normalized spacial score (nSPS) is 9.50. The molecule has 0 aliphatic rings. The molecule has 0 amide bonds. The minimum atomic E-state index is -0.564. The second-order valence-corrected chi connectivity index (χ2v) is 5.38. The second-order valence-electron chi connectivity index (χ2n) is 4.41. The van der Waals surface area contributed by atoms with Crippen LogP contribution in [0.4, 0.5) is 0 Å². The van der Waals surface area contributed by atoms with E-state index in [0.29, 0.717) is 21.3 Å². The number of hydrogen-bond acceptors (Lipinski definition) is 7. The van der Waals surface area contributed by atoms with Crippen molar-refractivity contribution in [3.63, 3.8) is 0 Å². The molecule has 0 aromatic heterocycles. The van der Waals surface area contributed by atoms with Crippen molar-refractivity contribution < 1.29 is 86.4 Å². The van der Waals surface area contributed by atoms with Gasteiger partial charge in [-0.2, -0.15) is 0 Å². The van der Waals surface area contributed by atoms with E-state index in [1.165, 1.54) is 38.5 Å². The van der Waals surface area contributed by atoms with Gasteiger partial charge in [0.2, 0.25) is 5.78 Å². The van der Waals surface area contributed by atoms with E-state index in [1.54, 1.807) is 0 Å². The molecule has 0 heterocycles. The molecule has 2 aromatic rings. The summed E-state index contributed by atoms with van der Waals surface area (Å²) >= 11 is 8.39. The second kappa shape index (κ2) is 10.2. The molecule has 0 saturated carbocycles. The number of aromatic hydroxyl groups is 2. The number of rotatable bonds is 4. The van der Waals surface area contributed by atoms with Crippen molar-refractivity contribution >= 4 is 31.0 Å². The molecular formula is C15H16Na2O5S2. The number of methoxy groups -OCH3 is 2. The van der Waals surface area contributed by atoms with E-state index in [2.05, 4.69) is 25.3 Å². The molecule has 0 saturated heterocycles. The third-order valence-electron chi connectivity index (χ3n) is 3.08. The SMILES string of the molecule is COc1cc(O)c(C(=O)c2cc(S)c(OC)cc2O)cc1S.[H-].[H-].[Na+].[Na+]. The van der Waals surface area contributed by atoms with Gasteiger partial charge in [0.1, 0.15) is 23.0 Å². The first-order valence-corrected chi connectivity index (χ1v) is 7.03. The number of ether oxygens (including phenoxy) is 2. The Morgan fingerprint density at radius 1 is 0.875 bits per heavy atom. The number of carbonyl (C=O) groups is 1. The van der Waals surface area contributed by atoms with E-state index in [4.69, 9.17) is 9.47 Å². The minimum absolute atomic E-state index is 0. The molecule has 9 heteroatoms. The van der Waals surface area contributed by atoms with Crippen LogP contribution in [0.25, 0.3) is 0 Å². The number of thiol groups is 2. The smallest absolute Gasteiger partial charge is 1.00 e. The summed E-state index contributed by atoms with van der Waals surface area (Å²) in [6.45, 7) is 0. The minimum Gasteiger partial charge on any atom is -1.00 e. The molecular weight excluding hydrogens is 370 g/mol. The van der Waals surface area contributed by atoms with Gasteiger partial charge in [0.25, 0.3) is 0 Å². The fourth-order valence-electron chi connectivity index (χ4n) is 1.95. The number of benzene rings is 2. The van der Waals surface area contributed by atoms with E-state index in [1.807, 2.05) is 0 Å². The maximum Gasteiger partial charge on any atom is 1.00 e. The zero-order valence-electron chi connectivity index (χ0n) is 15.8. The van der Waals surface area contributed by atoms with Crippen LogP contribution in [-0.2, 0) is 0 Å². The third kappa shape index (κ3) is 5.02. The zero-order valence-corrected chi connectivity index (χ0v) is 19.6. The van der Waals surface area contributed by atoms with E-state index in [9.17, 15) is 15.0 Å². The molecule has 120 valence electrons. The molecule has 5 nitrogen and oxygen atoms in total. The van der Waals surface area contributed by atoms with Crippen LogP contribution in [-0.4, -0.2) is 30.2 Å². The predicted octanol–water partition coefficient (Wildman–Crippen LogP) is -2.84. The van der Waals surface area contributed by atoms with Gasteiger partial charge in [0.05, 0.1) is 25.3 Å². The van der Waals surface area contributed by atoms with Crippen molar-refractivity contribution in [2.24, 2.45) is 0 Å². The van der Waals surface area contributed by atoms with Crippen LogP contribution in [0.2, 0.25) is 0 Å². The third-order valence-corrected chi connectivity index (χ3v) is 3.78. The average molecular weight is 386 g/mol. The summed E-state index contributed by atoms with van der Waals surface area (Å²) < 4.78 is 10.0. The van der Waals surface area contributed by atoms with Gasteiger partial charge in [-0.05, 0) is 12.1 Å². The topological polar surface area (TPSA) is 76.0 Å². The molecule has 0 radical (unpaired) electrons. The van der Waals surface area contributed by atoms with Gasteiger partial charge in [-0.25, -0.2) is 0 Å². The van der Waals surface area contributed by atoms with E-state index < -0.39 is 5.78 Å². The van der Waals surface area contributed by atoms with E-state index in [0.717, 1.165) is 0 Å². The average Bonchev–Trinajstić information content (AvgIpc) is 2.50. The Labute approximate surface area is 198 Å². The molecule has 0 aliphatic heterocycles. The standard InChI is InChI=1S/C15H14O5S2.2Na.2H/c1-19-11-5-9(16)7(3-13(11)21)15(18)8-4-14(22)12(20-2)6-10(8)17;;;;/h3-6,16-17,21-22H,1-2H3;;;;/q;2*+1;2*-1. The van der Waals surface area contributed by atoms with Crippen molar-refractivity contribution in [1.82, 2.24) is 0 Å². The molecule has 0 aliphatic carbocycles. The van der Waals surface area contributed by atoms with Crippen LogP contribution in [0.15, 0.2) is 34.1 Å². The number of carbonyl (C=O) groups excluding carboxylic acids is 1. The Kier molecular flexibility index (Phi) is 10.2. The predicted molar refractivity (Wildman–Crippen MR) is 89.5 cm³/mol. The monoisotopic (exact) mass is 386 g/mol. The first kappa shape index (κ1) is 24.0. The van der Waals surface area contributed by atoms with Gasteiger partial charge in [0.15, 0.2) is 0 Å². The van der Waals surface area contributed by atoms with Gasteiger partial charge in [0, 0.05) is 21.9 Å². The fourth-order valence-corrected chi connectivity index (χ4v) is 2.52. The maximum atomic E-state index is 12.5. The Balaban J connectivity index is -0.00000132. The van der Waals surface area contributed by atoms with Crippen LogP contribution in [0, 0.1) is 0 Å². The van der Waals surface area contributed by atoms with E-state index >= 15 is 0 Å². The number of phenolic OH excluding ortho intramolecular Hbond substituents is 2. The van der Waals surface area contributed by atoms with Crippen molar-refractivity contribution in [2.45, 2.75) is 9.79 Å². The van der Waals surface area contributed by atoms with Gasteiger partial charge in [-0.3, -0.25) is 4.79 Å². The molecule has 0 spiro atoms. The molecule has 0 fully saturated rings. The van der Waals surface area contributed by atoms with Gasteiger partial charge in [-0.1, -0.05) is 0 Å². The first-order valence-electron chi connectivity index (χ1n) is 6.13. The van der Waals surface area contributed by atoms with Crippen LogP contribution < -0.4 is 68.6 Å². The molecule has 0 bridgehead atoms. The number of ketones is 1. The maximum absolute atomic E-state index is 12.5. The van der Waals surface area contributed by atoms with Crippen molar-refractivity contribution in [2.75, 3.05) is 14.2 Å². The van der Waals surface area contributed by atoms with Gasteiger partial charge in [-0.15, -0.1) is 25.3 Å². The van der Waals surface area contributed by atoms with Crippen LogP contribution >= 0.6 is 25.3 Å². The molecule has 2 N–H and O–H groups in total. The van der Waals surface area contributed by atoms with Crippen LogP contribution in [0.3, 0.4) is 0 Å². The summed E-state index contributed by atoms with van der Waals surface area (Å²) in [6.07, 6.45) is 0. The molecule has 2 aromatic carbocycles. The van der Waals surface area contributed by atoms with Crippen LogP contribution in [0.5, 0.6) is 23.0 Å². The quantitative estimate of drug-likeness (QED) is 0.259. The van der Waals surface area contributed by atoms with Crippen LogP contribution in [0.1, 0.15) is 18.8 Å². The number of phenols is 2. The van der Waals surface area contributed by atoms with Gasteiger partial charge < -0.3 is 22.5 Å². The summed E-state index contributed by atoms with van der Waals surface area (Å²) in [5.41, 5.74) is -0.00185.